The molecule has 0 saturated carbocycles. The average Bonchev–Trinajstić information content (AvgIpc) is 2.87. The summed E-state index contributed by atoms with van der Waals surface area (Å²) in [6.45, 7) is -1.25. The van der Waals surface area contributed by atoms with Crippen molar-refractivity contribution in [2.45, 2.75) is 23.9 Å². The molecule has 6 nitrogen and oxygen atoms in total. The van der Waals surface area contributed by atoms with E-state index in [1.165, 1.54) is 36.3 Å². The Bertz CT molecular complexity index is 698. The zero-order valence-electron chi connectivity index (χ0n) is 12.2. The molecule has 10 heteroatoms. The van der Waals surface area contributed by atoms with Gasteiger partial charge in [0.1, 0.15) is 12.1 Å². The number of hydrogen-bond donors (Lipinski definition) is 1. The molecule has 0 radical (unpaired) electrons. The van der Waals surface area contributed by atoms with E-state index in [0.29, 0.717) is 10.8 Å². The highest BCUT2D eigenvalue weighted by Crippen LogP contribution is 2.29. The van der Waals surface area contributed by atoms with Crippen molar-refractivity contribution in [2.24, 2.45) is 7.05 Å². The third-order valence-corrected chi connectivity index (χ3v) is 4.18. The summed E-state index contributed by atoms with van der Waals surface area (Å²) >= 11 is 7.08. The maximum atomic E-state index is 12.2. The van der Waals surface area contributed by atoms with Gasteiger partial charge in [0.05, 0.1) is 10.3 Å². The van der Waals surface area contributed by atoms with Gasteiger partial charge in [0, 0.05) is 12.7 Å². The van der Waals surface area contributed by atoms with Crippen molar-refractivity contribution in [3.8, 4) is 5.75 Å². The lowest BCUT2D eigenvalue weighted by atomic mass is 10.3. The van der Waals surface area contributed by atoms with Gasteiger partial charge in [-0.1, -0.05) is 23.4 Å². The number of halogens is 3. The highest BCUT2D eigenvalue weighted by Gasteiger charge is 2.18. The van der Waals surface area contributed by atoms with E-state index in [9.17, 15) is 13.6 Å². The Morgan fingerprint density at radius 1 is 1.48 bits per heavy atom. The molecule has 0 aliphatic heterocycles. The second-order valence-electron chi connectivity index (χ2n) is 4.50. The number of aryl methyl sites for hydroxylation is 1. The number of nitrogens with zero attached hydrogens (tertiary/aromatic N) is 3. The van der Waals surface area contributed by atoms with Crippen LogP contribution >= 0.6 is 23.4 Å². The second kappa shape index (κ2) is 7.60. The minimum Gasteiger partial charge on any atom is -0.433 e. The first kappa shape index (κ1) is 17.5. The molecule has 1 amide bonds. The number of anilines is 1. The quantitative estimate of drug-likeness (QED) is 0.799. The zero-order chi connectivity index (χ0) is 17.0. The molecule has 0 aliphatic rings. The van der Waals surface area contributed by atoms with Crippen LogP contribution in [0, 0.1) is 0 Å². The standard InChI is InChI=1S/C13H13ClF2N4O2S/c1-7(23-13-19-17-6-20(13)2)11(21)18-8-3-4-10(9(14)5-8)22-12(15)16/h3-7,12H,1-2H3,(H,18,21)/t7-/m0/s1. The van der Waals surface area contributed by atoms with Gasteiger partial charge < -0.3 is 14.6 Å². The van der Waals surface area contributed by atoms with Crippen molar-refractivity contribution in [3.63, 3.8) is 0 Å². The molecule has 1 aromatic carbocycles. The molecule has 0 fully saturated rings. The Morgan fingerprint density at radius 3 is 2.78 bits per heavy atom. The molecule has 2 aromatic rings. The zero-order valence-corrected chi connectivity index (χ0v) is 13.7. The van der Waals surface area contributed by atoms with Crippen LogP contribution in [0.25, 0.3) is 0 Å². The predicted octanol–water partition coefficient (Wildman–Crippen LogP) is 3.19. The van der Waals surface area contributed by atoms with E-state index in [0.717, 1.165) is 0 Å². The first-order valence-corrected chi connectivity index (χ1v) is 7.68. The molecule has 1 aromatic heterocycles. The number of carbonyl (C=O) groups excluding carboxylic acids is 1. The Morgan fingerprint density at radius 2 is 2.22 bits per heavy atom. The SMILES string of the molecule is C[C@H](Sc1nncn1C)C(=O)Nc1ccc(OC(F)F)c(Cl)c1. The Hall–Kier alpha value is -1.87. The summed E-state index contributed by atoms with van der Waals surface area (Å²) in [5.74, 6) is -0.433. The summed E-state index contributed by atoms with van der Waals surface area (Å²) in [6, 6.07) is 4.04. The molecule has 0 aliphatic carbocycles. The van der Waals surface area contributed by atoms with Gasteiger partial charge in [-0.3, -0.25) is 4.79 Å². The van der Waals surface area contributed by atoms with Crippen LogP contribution < -0.4 is 10.1 Å². The second-order valence-corrected chi connectivity index (χ2v) is 6.21. The average molecular weight is 363 g/mol. The van der Waals surface area contributed by atoms with Gasteiger partial charge in [0.2, 0.25) is 5.91 Å². The molecular weight excluding hydrogens is 350 g/mol. The van der Waals surface area contributed by atoms with E-state index in [4.69, 9.17) is 11.6 Å². The van der Waals surface area contributed by atoms with Crippen LogP contribution in [-0.4, -0.2) is 32.5 Å². The lowest BCUT2D eigenvalue weighted by molar-refractivity contribution is -0.115. The number of ether oxygens (including phenoxy) is 1. The van der Waals surface area contributed by atoms with Crippen molar-refractivity contribution < 1.29 is 18.3 Å². The fourth-order valence-electron chi connectivity index (χ4n) is 1.60. The van der Waals surface area contributed by atoms with E-state index < -0.39 is 11.9 Å². The van der Waals surface area contributed by atoms with E-state index in [1.54, 1.807) is 18.5 Å². The van der Waals surface area contributed by atoms with Gasteiger partial charge in [-0.15, -0.1) is 10.2 Å². The van der Waals surface area contributed by atoms with E-state index >= 15 is 0 Å². The summed E-state index contributed by atoms with van der Waals surface area (Å²) in [5, 5.41) is 10.4. The first-order chi connectivity index (χ1) is 10.9. The molecule has 23 heavy (non-hydrogen) atoms. The van der Waals surface area contributed by atoms with Crippen LogP contribution in [-0.2, 0) is 11.8 Å². The first-order valence-electron chi connectivity index (χ1n) is 6.42. The highest BCUT2D eigenvalue weighted by molar-refractivity contribution is 8.00. The molecule has 0 bridgehead atoms. The summed E-state index contributed by atoms with van der Waals surface area (Å²) in [4.78, 5) is 12.1. The minimum absolute atomic E-state index is 0.0169. The number of benzene rings is 1. The molecule has 124 valence electrons. The Balaban J connectivity index is 1.99. The normalized spacial score (nSPS) is 12.3. The fourth-order valence-corrected chi connectivity index (χ4v) is 2.62. The molecule has 1 N–H and O–H groups in total. The summed E-state index contributed by atoms with van der Waals surface area (Å²) < 4.78 is 30.3. The molecule has 2 rings (SSSR count). The molecule has 1 heterocycles. The van der Waals surface area contributed by atoms with Gasteiger partial charge in [0.25, 0.3) is 0 Å². The van der Waals surface area contributed by atoms with E-state index in [1.807, 2.05) is 0 Å². The number of aromatic nitrogens is 3. The summed E-state index contributed by atoms with van der Waals surface area (Å²) in [7, 11) is 1.77. The lowest BCUT2D eigenvalue weighted by Crippen LogP contribution is -2.22. The van der Waals surface area contributed by atoms with Crippen LogP contribution in [0.4, 0.5) is 14.5 Å². The monoisotopic (exact) mass is 362 g/mol. The minimum atomic E-state index is -2.96. The number of carbonyl (C=O) groups is 1. The maximum Gasteiger partial charge on any atom is 0.387 e. The topological polar surface area (TPSA) is 69.0 Å². The number of nitrogens with one attached hydrogen (secondary N) is 1. The number of amides is 1. The van der Waals surface area contributed by atoms with Gasteiger partial charge in [0.15, 0.2) is 5.16 Å². The van der Waals surface area contributed by atoms with Gasteiger partial charge in [-0.05, 0) is 25.1 Å². The molecule has 0 saturated heterocycles. The summed E-state index contributed by atoms with van der Waals surface area (Å²) in [6.07, 6.45) is 1.54. The van der Waals surface area contributed by atoms with Crippen LogP contribution in [0.15, 0.2) is 29.7 Å². The number of alkyl halides is 2. The molecule has 0 unspecified atom stereocenters. The van der Waals surface area contributed by atoms with Crippen molar-refractivity contribution in [1.82, 2.24) is 14.8 Å². The van der Waals surface area contributed by atoms with E-state index in [2.05, 4.69) is 20.3 Å². The maximum absolute atomic E-state index is 12.2. The lowest BCUT2D eigenvalue weighted by Gasteiger charge is -2.12. The van der Waals surface area contributed by atoms with Crippen molar-refractivity contribution in [1.29, 1.82) is 0 Å². The van der Waals surface area contributed by atoms with Gasteiger partial charge in [-0.2, -0.15) is 8.78 Å². The van der Waals surface area contributed by atoms with Crippen molar-refractivity contribution in [3.05, 3.63) is 29.5 Å². The number of rotatable bonds is 6. The summed E-state index contributed by atoms with van der Waals surface area (Å²) in [5.41, 5.74) is 0.382. The van der Waals surface area contributed by atoms with Crippen molar-refractivity contribution in [2.75, 3.05) is 5.32 Å². The van der Waals surface area contributed by atoms with E-state index in [-0.39, 0.29) is 16.7 Å². The number of hydrogen-bond acceptors (Lipinski definition) is 5. The smallest absolute Gasteiger partial charge is 0.387 e. The fraction of sp³-hybridized carbons (Fsp3) is 0.308. The van der Waals surface area contributed by atoms with Crippen LogP contribution in [0.5, 0.6) is 5.75 Å². The molecule has 0 spiro atoms. The Labute approximate surface area is 140 Å². The van der Waals surface area contributed by atoms with Gasteiger partial charge >= 0.3 is 6.61 Å². The third kappa shape index (κ3) is 4.80. The predicted molar refractivity (Wildman–Crippen MR) is 83.0 cm³/mol. The Kier molecular flexibility index (Phi) is 5.78. The van der Waals surface area contributed by atoms with Crippen molar-refractivity contribution >= 4 is 35.0 Å². The highest BCUT2D eigenvalue weighted by atomic mass is 35.5. The molecular formula is C13H13ClF2N4O2S. The largest absolute Gasteiger partial charge is 0.433 e. The van der Waals surface area contributed by atoms with Gasteiger partial charge in [-0.25, -0.2) is 0 Å². The molecule has 1 atom stereocenters. The third-order valence-electron chi connectivity index (χ3n) is 2.74. The number of thioether (sulfide) groups is 1. The van der Waals surface area contributed by atoms with Crippen LogP contribution in [0.3, 0.4) is 0 Å². The van der Waals surface area contributed by atoms with Crippen LogP contribution in [0.1, 0.15) is 6.92 Å². The van der Waals surface area contributed by atoms with Crippen LogP contribution in [0.2, 0.25) is 5.02 Å².